The van der Waals surface area contributed by atoms with Gasteiger partial charge >= 0.3 is 0 Å². The molecule has 1 unspecified atom stereocenters. The Bertz CT molecular complexity index is 399. The highest BCUT2D eigenvalue weighted by Crippen LogP contribution is 2.17. The second-order valence-electron chi connectivity index (χ2n) is 3.86. The summed E-state index contributed by atoms with van der Waals surface area (Å²) in [5, 5.41) is 9.57. The fourth-order valence-electron chi connectivity index (χ4n) is 1.72. The van der Waals surface area contributed by atoms with Gasteiger partial charge in [-0.2, -0.15) is 0 Å². The summed E-state index contributed by atoms with van der Waals surface area (Å²) >= 11 is 0. The molecule has 0 bridgehead atoms. The highest BCUT2D eigenvalue weighted by molar-refractivity contribution is 5.95. The van der Waals surface area contributed by atoms with Gasteiger partial charge in [0.2, 0.25) is 11.5 Å². The Hall–Kier alpha value is -1.85. The van der Waals surface area contributed by atoms with Crippen LogP contribution < -0.4 is 11.1 Å². The van der Waals surface area contributed by atoms with E-state index in [1.165, 1.54) is 0 Å². The van der Waals surface area contributed by atoms with Crippen molar-refractivity contribution in [1.29, 1.82) is 0 Å². The molecule has 1 atom stereocenters. The van der Waals surface area contributed by atoms with Crippen molar-refractivity contribution in [1.82, 2.24) is 15.6 Å². The number of nitrogens with two attached hydrogens (primary N) is 1. The summed E-state index contributed by atoms with van der Waals surface area (Å²) in [5.74, 6) is 0.198. The SMILES string of the molecule is Nc1nonc1C(=O)NCC1CC=CCC1. The third-order valence-corrected chi connectivity index (χ3v) is 2.66. The summed E-state index contributed by atoms with van der Waals surface area (Å²) in [4.78, 5) is 11.6. The van der Waals surface area contributed by atoms with Crippen molar-refractivity contribution in [3.63, 3.8) is 0 Å². The van der Waals surface area contributed by atoms with Crippen molar-refractivity contribution < 1.29 is 9.42 Å². The lowest BCUT2D eigenvalue weighted by molar-refractivity contribution is 0.0937. The van der Waals surface area contributed by atoms with Crippen LogP contribution in [0.5, 0.6) is 0 Å². The average molecular weight is 222 g/mol. The normalized spacial score (nSPS) is 19.6. The van der Waals surface area contributed by atoms with Crippen molar-refractivity contribution >= 4 is 11.7 Å². The molecule has 1 aliphatic rings. The zero-order valence-electron chi connectivity index (χ0n) is 8.85. The molecular formula is C10H14N4O2. The number of hydrogen-bond acceptors (Lipinski definition) is 5. The molecule has 1 amide bonds. The minimum absolute atomic E-state index is 0.0287. The van der Waals surface area contributed by atoms with Crippen LogP contribution in [0.4, 0.5) is 5.82 Å². The van der Waals surface area contributed by atoms with E-state index < -0.39 is 0 Å². The van der Waals surface area contributed by atoms with E-state index in [4.69, 9.17) is 5.73 Å². The van der Waals surface area contributed by atoms with E-state index in [9.17, 15) is 4.79 Å². The summed E-state index contributed by atoms with van der Waals surface area (Å²) in [5.41, 5.74) is 5.47. The van der Waals surface area contributed by atoms with Gasteiger partial charge in [0.1, 0.15) is 0 Å². The Morgan fingerprint density at radius 2 is 2.44 bits per heavy atom. The van der Waals surface area contributed by atoms with Crippen molar-refractivity contribution in [2.24, 2.45) is 5.92 Å². The van der Waals surface area contributed by atoms with E-state index in [2.05, 4.69) is 32.4 Å². The second-order valence-corrected chi connectivity index (χ2v) is 3.86. The standard InChI is InChI=1S/C10H14N4O2/c11-9-8(13-16-14-9)10(15)12-6-7-4-2-1-3-5-7/h1-2,7H,3-6H2,(H2,11,14)(H,12,15). The largest absolute Gasteiger partial charge is 0.379 e. The van der Waals surface area contributed by atoms with Crippen LogP contribution >= 0.6 is 0 Å². The highest BCUT2D eigenvalue weighted by atomic mass is 16.6. The maximum Gasteiger partial charge on any atom is 0.277 e. The Kier molecular flexibility index (Phi) is 3.19. The number of amides is 1. The molecule has 16 heavy (non-hydrogen) atoms. The molecule has 2 rings (SSSR count). The van der Waals surface area contributed by atoms with Crippen LogP contribution in [0.3, 0.4) is 0 Å². The minimum Gasteiger partial charge on any atom is -0.379 e. The number of nitrogens with one attached hydrogen (secondary N) is 1. The van der Waals surface area contributed by atoms with Crippen LogP contribution in [0.1, 0.15) is 29.8 Å². The fraction of sp³-hybridized carbons (Fsp3) is 0.500. The zero-order chi connectivity index (χ0) is 11.4. The molecule has 1 heterocycles. The van der Waals surface area contributed by atoms with Gasteiger partial charge in [0, 0.05) is 6.54 Å². The average Bonchev–Trinajstić information content (AvgIpc) is 2.74. The van der Waals surface area contributed by atoms with Crippen molar-refractivity contribution in [2.45, 2.75) is 19.3 Å². The molecule has 1 aromatic heterocycles. The van der Waals surface area contributed by atoms with Gasteiger partial charge in [-0.05, 0) is 35.5 Å². The van der Waals surface area contributed by atoms with Gasteiger partial charge in [0.15, 0.2) is 0 Å². The quantitative estimate of drug-likeness (QED) is 0.735. The first-order chi connectivity index (χ1) is 7.77. The number of nitrogen functional groups attached to an aromatic ring is 1. The predicted molar refractivity (Wildman–Crippen MR) is 57.5 cm³/mol. The van der Waals surface area contributed by atoms with Gasteiger partial charge in [-0.1, -0.05) is 12.2 Å². The molecule has 0 saturated heterocycles. The molecule has 0 aliphatic heterocycles. The molecule has 0 fully saturated rings. The summed E-state index contributed by atoms with van der Waals surface area (Å²) in [7, 11) is 0. The lowest BCUT2D eigenvalue weighted by Gasteiger charge is -2.17. The number of anilines is 1. The number of allylic oxidation sites excluding steroid dienone is 2. The van der Waals surface area contributed by atoms with E-state index in [1.807, 2.05) is 0 Å². The Morgan fingerprint density at radius 3 is 3.06 bits per heavy atom. The predicted octanol–water partition coefficient (Wildman–Crippen LogP) is 0.738. The van der Waals surface area contributed by atoms with E-state index >= 15 is 0 Å². The summed E-state index contributed by atoms with van der Waals surface area (Å²) < 4.78 is 4.36. The lowest BCUT2D eigenvalue weighted by Crippen LogP contribution is -2.30. The maximum absolute atomic E-state index is 11.6. The van der Waals surface area contributed by atoms with Crippen LogP contribution in [0.2, 0.25) is 0 Å². The molecule has 86 valence electrons. The molecule has 1 aromatic rings. The summed E-state index contributed by atoms with van der Waals surface area (Å²) in [6, 6.07) is 0. The monoisotopic (exact) mass is 222 g/mol. The van der Waals surface area contributed by atoms with Gasteiger partial charge in [-0.3, -0.25) is 4.79 Å². The molecule has 6 nitrogen and oxygen atoms in total. The molecule has 0 spiro atoms. The van der Waals surface area contributed by atoms with Gasteiger partial charge in [0.05, 0.1) is 0 Å². The van der Waals surface area contributed by atoms with Crippen LogP contribution in [0, 0.1) is 5.92 Å². The van der Waals surface area contributed by atoms with Crippen LogP contribution in [-0.4, -0.2) is 22.8 Å². The van der Waals surface area contributed by atoms with Crippen LogP contribution in [0.25, 0.3) is 0 Å². The number of nitrogens with zero attached hydrogens (tertiary/aromatic N) is 2. The highest BCUT2D eigenvalue weighted by Gasteiger charge is 2.17. The van der Waals surface area contributed by atoms with E-state index in [-0.39, 0.29) is 17.4 Å². The first-order valence-electron chi connectivity index (χ1n) is 5.28. The first kappa shape index (κ1) is 10.7. The van der Waals surface area contributed by atoms with Crippen LogP contribution in [0.15, 0.2) is 16.8 Å². The van der Waals surface area contributed by atoms with E-state index in [0.717, 1.165) is 19.3 Å². The number of hydrogen-bond donors (Lipinski definition) is 2. The van der Waals surface area contributed by atoms with Crippen LogP contribution in [-0.2, 0) is 0 Å². The molecule has 0 saturated carbocycles. The van der Waals surface area contributed by atoms with Gasteiger partial charge < -0.3 is 11.1 Å². The molecule has 1 aliphatic carbocycles. The third kappa shape index (κ3) is 2.39. The number of rotatable bonds is 3. The van der Waals surface area contributed by atoms with Gasteiger partial charge in [-0.15, -0.1) is 0 Å². The smallest absolute Gasteiger partial charge is 0.277 e. The first-order valence-corrected chi connectivity index (χ1v) is 5.28. The van der Waals surface area contributed by atoms with Gasteiger partial charge in [-0.25, -0.2) is 4.63 Å². The zero-order valence-corrected chi connectivity index (χ0v) is 8.85. The van der Waals surface area contributed by atoms with E-state index in [1.54, 1.807) is 0 Å². The number of carbonyl (C=O) groups is 1. The molecule has 0 radical (unpaired) electrons. The molecule has 6 heteroatoms. The van der Waals surface area contributed by atoms with E-state index in [0.29, 0.717) is 12.5 Å². The summed E-state index contributed by atoms with van der Waals surface area (Å²) in [6.07, 6.45) is 7.49. The molecule has 3 N–H and O–H groups in total. The minimum atomic E-state index is -0.326. The Balaban J connectivity index is 1.84. The third-order valence-electron chi connectivity index (χ3n) is 2.66. The summed E-state index contributed by atoms with van der Waals surface area (Å²) in [6.45, 7) is 0.634. The molecular weight excluding hydrogens is 208 g/mol. The van der Waals surface area contributed by atoms with Gasteiger partial charge in [0.25, 0.3) is 5.91 Å². The fourth-order valence-corrected chi connectivity index (χ4v) is 1.72. The van der Waals surface area contributed by atoms with Crippen molar-refractivity contribution in [2.75, 3.05) is 12.3 Å². The topological polar surface area (TPSA) is 94.0 Å². The second kappa shape index (κ2) is 4.78. The Morgan fingerprint density at radius 1 is 1.56 bits per heavy atom. The number of aromatic nitrogens is 2. The van der Waals surface area contributed by atoms with Crippen molar-refractivity contribution in [3.05, 3.63) is 17.8 Å². The Labute approximate surface area is 92.8 Å². The maximum atomic E-state index is 11.6. The van der Waals surface area contributed by atoms with Crippen molar-refractivity contribution in [3.8, 4) is 0 Å². The molecule has 0 aromatic carbocycles. The number of carbonyl (C=O) groups excluding carboxylic acids is 1. The lowest BCUT2D eigenvalue weighted by atomic mass is 9.94.